The molecule has 0 amide bonds. The Labute approximate surface area is 92.1 Å². The lowest BCUT2D eigenvalue weighted by atomic mass is 10.1. The third-order valence-electron chi connectivity index (χ3n) is 2.54. The Hall–Kier alpha value is -2.36. The number of nitrogen functional groups attached to an aromatic ring is 1. The number of rotatable bonds is 1. The lowest BCUT2D eigenvalue weighted by molar-refractivity contribution is 1.10. The Balaban J connectivity index is 2.31. The number of anilines is 1. The van der Waals surface area contributed by atoms with Crippen LogP contribution in [-0.4, -0.2) is 15.2 Å². The van der Waals surface area contributed by atoms with E-state index < -0.39 is 0 Å². The van der Waals surface area contributed by atoms with E-state index >= 15 is 0 Å². The van der Waals surface area contributed by atoms with E-state index in [1.165, 1.54) is 0 Å². The molecule has 2 aromatic heterocycles. The largest absolute Gasteiger partial charge is 0.382 e. The van der Waals surface area contributed by atoms with E-state index in [-0.39, 0.29) is 0 Å². The molecule has 0 aliphatic heterocycles. The second-order valence-corrected chi connectivity index (χ2v) is 3.58. The van der Waals surface area contributed by atoms with Gasteiger partial charge >= 0.3 is 0 Å². The summed E-state index contributed by atoms with van der Waals surface area (Å²) in [6.07, 6.45) is 1.79. The summed E-state index contributed by atoms with van der Waals surface area (Å²) in [4.78, 5) is 4.31. The number of nitrogens with one attached hydrogen (secondary N) is 1. The fourth-order valence-electron chi connectivity index (χ4n) is 1.81. The Morgan fingerprint density at radius 2 is 2.00 bits per heavy atom. The van der Waals surface area contributed by atoms with Crippen LogP contribution in [0.2, 0.25) is 0 Å². The van der Waals surface area contributed by atoms with Gasteiger partial charge in [0.25, 0.3) is 0 Å². The molecule has 0 bridgehead atoms. The second-order valence-electron chi connectivity index (χ2n) is 3.58. The van der Waals surface area contributed by atoms with E-state index in [0.717, 1.165) is 22.2 Å². The quantitative estimate of drug-likeness (QED) is 0.647. The monoisotopic (exact) mass is 210 g/mol. The van der Waals surface area contributed by atoms with Crippen LogP contribution in [0, 0.1) is 0 Å². The highest BCUT2D eigenvalue weighted by molar-refractivity contribution is 5.93. The number of hydrogen-bond donors (Lipinski definition) is 2. The topological polar surface area (TPSA) is 67.6 Å². The summed E-state index contributed by atoms with van der Waals surface area (Å²) in [5.41, 5.74) is 8.55. The molecule has 0 fully saturated rings. The van der Waals surface area contributed by atoms with Crippen LogP contribution in [0.3, 0.4) is 0 Å². The van der Waals surface area contributed by atoms with Crippen LogP contribution in [0.4, 0.5) is 5.82 Å². The maximum atomic E-state index is 5.60. The van der Waals surface area contributed by atoms with Crippen molar-refractivity contribution in [1.82, 2.24) is 15.2 Å². The van der Waals surface area contributed by atoms with Gasteiger partial charge in [-0.05, 0) is 12.1 Å². The van der Waals surface area contributed by atoms with E-state index in [1.54, 1.807) is 6.20 Å². The minimum absolute atomic E-state index is 0.496. The second kappa shape index (κ2) is 3.34. The normalized spacial score (nSPS) is 10.8. The summed E-state index contributed by atoms with van der Waals surface area (Å²) < 4.78 is 0. The highest BCUT2D eigenvalue weighted by atomic mass is 15.2. The Bertz CT molecular complexity index is 637. The SMILES string of the molecule is Nc1cc(-c2ccnc3ccccc23)[nH]n1. The molecule has 0 saturated heterocycles. The van der Waals surface area contributed by atoms with Crippen LogP contribution < -0.4 is 5.73 Å². The minimum atomic E-state index is 0.496. The van der Waals surface area contributed by atoms with Gasteiger partial charge < -0.3 is 5.73 Å². The van der Waals surface area contributed by atoms with Crippen LogP contribution in [0.15, 0.2) is 42.6 Å². The predicted molar refractivity (Wildman–Crippen MR) is 63.7 cm³/mol. The Morgan fingerprint density at radius 1 is 1.12 bits per heavy atom. The molecule has 78 valence electrons. The number of aromatic nitrogens is 3. The molecule has 16 heavy (non-hydrogen) atoms. The predicted octanol–water partition coefficient (Wildman–Crippen LogP) is 2.21. The van der Waals surface area contributed by atoms with E-state index in [0.29, 0.717) is 5.82 Å². The number of fused-ring (bicyclic) bond motifs is 1. The van der Waals surface area contributed by atoms with E-state index in [1.807, 2.05) is 36.4 Å². The molecule has 3 rings (SSSR count). The highest BCUT2D eigenvalue weighted by Gasteiger charge is 2.05. The Morgan fingerprint density at radius 3 is 2.81 bits per heavy atom. The Kier molecular flexibility index (Phi) is 1.86. The van der Waals surface area contributed by atoms with Gasteiger partial charge in [0.15, 0.2) is 0 Å². The molecule has 3 N–H and O–H groups in total. The maximum absolute atomic E-state index is 5.60. The molecule has 4 nitrogen and oxygen atoms in total. The van der Waals surface area contributed by atoms with Gasteiger partial charge in [0.05, 0.1) is 11.2 Å². The average molecular weight is 210 g/mol. The number of aromatic amines is 1. The first-order valence-corrected chi connectivity index (χ1v) is 4.99. The van der Waals surface area contributed by atoms with E-state index in [2.05, 4.69) is 15.2 Å². The van der Waals surface area contributed by atoms with Crippen molar-refractivity contribution in [3.8, 4) is 11.3 Å². The van der Waals surface area contributed by atoms with Crippen LogP contribution in [0.25, 0.3) is 22.2 Å². The van der Waals surface area contributed by atoms with Gasteiger partial charge in [0.2, 0.25) is 0 Å². The first kappa shape index (κ1) is 8.91. The average Bonchev–Trinajstić information content (AvgIpc) is 2.75. The number of pyridine rings is 1. The number of H-pyrrole nitrogens is 1. The van der Waals surface area contributed by atoms with E-state index in [4.69, 9.17) is 5.73 Å². The molecule has 2 heterocycles. The third kappa shape index (κ3) is 1.32. The van der Waals surface area contributed by atoms with Crippen molar-refractivity contribution in [2.24, 2.45) is 0 Å². The number of hydrogen-bond acceptors (Lipinski definition) is 3. The molecule has 0 aliphatic rings. The summed E-state index contributed by atoms with van der Waals surface area (Å²) in [5, 5.41) is 7.93. The fourth-order valence-corrected chi connectivity index (χ4v) is 1.81. The summed E-state index contributed by atoms with van der Waals surface area (Å²) in [7, 11) is 0. The zero-order valence-corrected chi connectivity index (χ0v) is 8.51. The molecule has 0 atom stereocenters. The lowest BCUT2D eigenvalue weighted by Gasteiger charge is -2.02. The van der Waals surface area contributed by atoms with Gasteiger partial charge in [0, 0.05) is 23.2 Å². The molecule has 0 saturated carbocycles. The van der Waals surface area contributed by atoms with Crippen molar-refractivity contribution in [3.05, 3.63) is 42.6 Å². The molecule has 3 aromatic rings. The van der Waals surface area contributed by atoms with Crippen molar-refractivity contribution in [3.63, 3.8) is 0 Å². The number of nitrogens with two attached hydrogens (primary N) is 1. The molecular formula is C12H10N4. The molecule has 0 aliphatic carbocycles. The summed E-state index contributed by atoms with van der Waals surface area (Å²) in [6, 6.07) is 11.8. The van der Waals surface area contributed by atoms with Crippen molar-refractivity contribution < 1.29 is 0 Å². The van der Waals surface area contributed by atoms with Gasteiger partial charge in [-0.1, -0.05) is 18.2 Å². The molecule has 0 spiro atoms. The van der Waals surface area contributed by atoms with Crippen molar-refractivity contribution in [1.29, 1.82) is 0 Å². The zero-order chi connectivity index (χ0) is 11.0. The standard InChI is InChI=1S/C12H10N4/c13-12-7-11(15-16-12)9-5-6-14-10-4-2-1-3-8(9)10/h1-7H,(H3,13,15,16). The van der Waals surface area contributed by atoms with Gasteiger partial charge in [0.1, 0.15) is 5.82 Å². The van der Waals surface area contributed by atoms with Crippen LogP contribution in [0.5, 0.6) is 0 Å². The molecular weight excluding hydrogens is 200 g/mol. The lowest BCUT2D eigenvalue weighted by Crippen LogP contribution is -1.83. The van der Waals surface area contributed by atoms with Gasteiger partial charge in [-0.15, -0.1) is 0 Å². The summed E-state index contributed by atoms with van der Waals surface area (Å²) >= 11 is 0. The van der Waals surface area contributed by atoms with Gasteiger partial charge in [-0.2, -0.15) is 5.10 Å². The molecule has 4 heteroatoms. The van der Waals surface area contributed by atoms with Crippen molar-refractivity contribution in [2.45, 2.75) is 0 Å². The van der Waals surface area contributed by atoms with Crippen LogP contribution in [0.1, 0.15) is 0 Å². The highest BCUT2D eigenvalue weighted by Crippen LogP contribution is 2.26. The first-order valence-electron chi connectivity index (χ1n) is 4.99. The maximum Gasteiger partial charge on any atom is 0.145 e. The number of nitrogens with zero attached hydrogens (tertiary/aromatic N) is 2. The van der Waals surface area contributed by atoms with Crippen LogP contribution in [-0.2, 0) is 0 Å². The zero-order valence-electron chi connectivity index (χ0n) is 8.51. The van der Waals surface area contributed by atoms with Crippen molar-refractivity contribution >= 4 is 16.7 Å². The molecule has 0 unspecified atom stereocenters. The molecule has 1 aromatic carbocycles. The summed E-state index contributed by atoms with van der Waals surface area (Å²) in [6.45, 7) is 0. The number of para-hydroxylation sites is 1. The number of benzene rings is 1. The van der Waals surface area contributed by atoms with E-state index in [9.17, 15) is 0 Å². The van der Waals surface area contributed by atoms with Crippen LogP contribution >= 0.6 is 0 Å². The first-order chi connectivity index (χ1) is 7.84. The van der Waals surface area contributed by atoms with Crippen molar-refractivity contribution in [2.75, 3.05) is 5.73 Å². The summed E-state index contributed by atoms with van der Waals surface area (Å²) in [5.74, 6) is 0.496. The minimum Gasteiger partial charge on any atom is -0.382 e. The smallest absolute Gasteiger partial charge is 0.145 e. The fraction of sp³-hybridized carbons (Fsp3) is 0. The van der Waals surface area contributed by atoms with Gasteiger partial charge in [-0.25, -0.2) is 0 Å². The molecule has 0 radical (unpaired) electrons. The third-order valence-corrected chi connectivity index (χ3v) is 2.54. The van der Waals surface area contributed by atoms with Gasteiger partial charge in [-0.3, -0.25) is 10.1 Å².